The lowest BCUT2D eigenvalue weighted by Gasteiger charge is -2.20. The zero-order valence-corrected chi connectivity index (χ0v) is 16.5. The molecule has 134 valence electrons. The maximum absolute atomic E-state index is 12.4. The molecule has 25 heavy (non-hydrogen) atoms. The van der Waals surface area contributed by atoms with Gasteiger partial charge in [-0.1, -0.05) is 47.0 Å². The Morgan fingerprint density at radius 1 is 1.28 bits per heavy atom. The number of anilines is 1. The number of carbonyl (C=O) groups is 1. The Balaban J connectivity index is 1.62. The average Bonchev–Trinajstić information content (AvgIpc) is 2.98. The van der Waals surface area contributed by atoms with Crippen LogP contribution in [0.2, 0.25) is 0 Å². The van der Waals surface area contributed by atoms with Crippen LogP contribution in [0, 0.1) is 0 Å². The van der Waals surface area contributed by atoms with Crippen LogP contribution in [-0.2, 0) is 4.79 Å². The van der Waals surface area contributed by atoms with Gasteiger partial charge in [-0.15, -0.1) is 10.2 Å². The van der Waals surface area contributed by atoms with E-state index in [4.69, 9.17) is 5.84 Å². The van der Waals surface area contributed by atoms with Crippen LogP contribution in [0.3, 0.4) is 0 Å². The van der Waals surface area contributed by atoms with E-state index in [0.29, 0.717) is 11.1 Å². The van der Waals surface area contributed by atoms with Crippen LogP contribution < -0.4 is 11.2 Å². The number of aromatic nitrogens is 3. The van der Waals surface area contributed by atoms with E-state index in [0.717, 1.165) is 28.8 Å². The third-order valence-corrected chi connectivity index (χ3v) is 6.01. The summed E-state index contributed by atoms with van der Waals surface area (Å²) in [5.41, 5.74) is 0.762. The summed E-state index contributed by atoms with van der Waals surface area (Å²) in [4.78, 5) is 12.4. The predicted octanol–water partition coefficient (Wildman–Crippen LogP) is 3.92. The van der Waals surface area contributed by atoms with Crippen molar-refractivity contribution < 1.29 is 4.79 Å². The van der Waals surface area contributed by atoms with Crippen LogP contribution >= 0.6 is 27.7 Å². The molecule has 1 aromatic carbocycles. The second-order valence-electron chi connectivity index (χ2n) is 6.30. The Bertz CT molecular complexity index is 727. The van der Waals surface area contributed by atoms with Crippen molar-refractivity contribution >= 4 is 39.3 Å². The number of nitrogens with zero attached hydrogens (tertiary/aromatic N) is 3. The van der Waals surface area contributed by atoms with Crippen molar-refractivity contribution in [3.63, 3.8) is 0 Å². The van der Waals surface area contributed by atoms with Gasteiger partial charge >= 0.3 is 0 Å². The molecular formula is C17H22BrN5OS. The summed E-state index contributed by atoms with van der Waals surface area (Å²) >= 11 is 4.71. The molecule has 3 rings (SSSR count). The van der Waals surface area contributed by atoms with Crippen molar-refractivity contribution in [1.82, 2.24) is 14.9 Å². The third-order valence-electron chi connectivity index (χ3n) is 4.42. The molecule has 3 N–H and O–H groups in total. The second kappa shape index (κ2) is 8.23. The standard InChI is InChI=1S/C17H22BrN5OS/c1-11(16(24)20-14-9-7-13(18)8-10-14)25-17-22-21-15(23(17)19)12-5-3-2-4-6-12/h7-12H,2-6,19H2,1H3,(H,20,24). The fourth-order valence-electron chi connectivity index (χ4n) is 3.00. The molecule has 1 aliphatic carbocycles. The molecule has 1 aromatic heterocycles. The predicted molar refractivity (Wildman–Crippen MR) is 104 cm³/mol. The highest BCUT2D eigenvalue weighted by Gasteiger charge is 2.24. The van der Waals surface area contributed by atoms with Crippen LogP contribution in [0.4, 0.5) is 5.69 Å². The molecule has 1 unspecified atom stereocenters. The molecule has 2 aromatic rings. The first-order valence-electron chi connectivity index (χ1n) is 8.48. The molecule has 1 amide bonds. The Morgan fingerprint density at radius 3 is 2.64 bits per heavy atom. The number of nitrogens with one attached hydrogen (secondary N) is 1. The summed E-state index contributed by atoms with van der Waals surface area (Å²) in [5, 5.41) is 11.6. The van der Waals surface area contributed by atoms with Gasteiger partial charge in [0.25, 0.3) is 0 Å². The zero-order chi connectivity index (χ0) is 17.8. The summed E-state index contributed by atoms with van der Waals surface area (Å²) in [7, 11) is 0. The van der Waals surface area contributed by atoms with Gasteiger partial charge in [-0.2, -0.15) is 0 Å². The SMILES string of the molecule is CC(Sc1nnc(C2CCCCC2)n1N)C(=O)Nc1ccc(Br)cc1. The normalized spacial score (nSPS) is 16.6. The number of hydrogen-bond acceptors (Lipinski definition) is 5. The third kappa shape index (κ3) is 4.55. The molecule has 0 saturated heterocycles. The van der Waals surface area contributed by atoms with Gasteiger partial charge < -0.3 is 11.2 Å². The van der Waals surface area contributed by atoms with Gasteiger partial charge in [0, 0.05) is 16.1 Å². The molecule has 1 aliphatic rings. The molecule has 0 aliphatic heterocycles. The average molecular weight is 424 g/mol. The summed E-state index contributed by atoms with van der Waals surface area (Å²) in [6.07, 6.45) is 5.93. The minimum Gasteiger partial charge on any atom is -0.336 e. The number of halogens is 1. The number of amides is 1. The minimum atomic E-state index is -0.325. The quantitative estimate of drug-likeness (QED) is 0.561. The second-order valence-corrected chi connectivity index (χ2v) is 8.53. The summed E-state index contributed by atoms with van der Waals surface area (Å²) < 4.78 is 2.53. The lowest BCUT2D eigenvalue weighted by Crippen LogP contribution is -2.24. The topological polar surface area (TPSA) is 85.8 Å². The van der Waals surface area contributed by atoms with Crippen LogP contribution in [0.15, 0.2) is 33.9 Å². The maximum atomic E-state index is 12.4. The summed E-state index contributed by atoms with van der Waals surface area (Å²) in [6, 6.07) is 7.48. The highest BCUT2D eigenvalue weighted by molar-refractivity contribution is 9.10. The molecule has 8 heteroatoms. The summed E-state index contributed by atoms with van der Waals surface area (Å²) in [5.74, 6) is 7.32. The van der Waals surface area contributed by atoms with E-state index in [-0.39, 0.29) is 11.2 Å². The van der Waals surface area contributed by atoms with E-state index >= 15 is 0 Å². The van der Waals surface area contributed by atoms with Crippen molar-refractivity contribution in [2.75, 3.05) is 11.2 Å². The van der Waals surface area contributed by atoms with Gasteiger partial charge in [0.1, 0.15) is 0 Å². The van der Waals surface area contributed by atoms with E-state index in [1.807, 2.05) is 31.2 Å². The van der Waals surface area contributed by atoms with Crippen molar-refractivity contribution in [2.24, 2.45) is 0 Å². The van der Waals surface area contributed by atoms with Gasteiger partial charge in [-0.05, 0) is 44.0 Å². The first-order chi connectivity index (χ1) is 12.0. The number of rotatable bonds is 5. The van der Waals surface area contributed by atoms with Gasteiger partial charge in [0.05, 0.1) is 5.25 Å². The van der Waals surface area contributed by atoms with Gasteiger partial charge in [0.2, 0.25) is 11.1 Å². The van der Waals surface area contributed by atoms with Crippen molar-refractivity contribution in [3.8, 4) is 0 Å². The fourth-order valence-corrected chi connectivity index (χ4v) is 4.04. The number of nitrogens with two attached hydrogens (primary N) is 1. The van der Waals surface area contributed by atoms with Crippen molar-refractivity contribution in [1.29, 1.82) is 0 Å². The largest absolute Gasteiger partial charge is 0.336 e. The van der Waals surface area contributed by atoms with Crippen molar-refractivity contribution in [2.45, 2.75) is 55.4 Å². The molecule has 1 saturated carbocycles. The van der Waals surface area contributed by atoms with Crippen LogP contribution in [-0.4, -0.2) is 26.0 Å². The van der Waals surface area contributed by atoms with Crippen LogP contribution in [0.5, 0.6) is 0 Å². The number of carbonyl (C=O) groups excluding carboxylic acids is 1. The van der Waals surface area contributed by atoms with Crippen LogP contribution in [0.1, 0.15) is 50.8 Å². The molecule has 6 nitrogen and oxygen atoms in total. The lowest BCUT2D eigenvalue weighted by molar-refractivity contribution is -0.115. The van der Waals surface area contributed by atoms with E-state index in [9.17, 15) is 4.79 Å². The van der Waals surface area contributed by atoms with Crippen molar-refractivity contribution in [3.05, 3.63) is 34.6 Å². The molecule has 1 heterocycles. The number of hydrogen-bond donors (Lipinski definition) is 2. The number of benzene rings is 1. The molecule has 0 radical (unpaired) electrons. The highest BCUT2D eigenvalue weighted by atomic mass is 79.9. The molecular weight excluding hydrogens is 402 g/mol. The first kappa shape index (κ1) is 18.3. The zero-order valence-electron chi connectivity index (χ0n) is 14.1. The summed E-state index contributed by atoms with van der Waals surface area (Å²) in [6.45, 7) is 1.84. The Morgan fingerprint density at radius 2 is 1.96 bits per heavy atom. The smallest absolute Gasteiger partial charge is 0.237 e. The fraction of sp³-hybridized carbons (Fsp3) is 0.471. The van der Waals surface area contributed by atoms with Crippen LogP contribution in [0.25, 0.3) is 0 Å². The number of thioether (sulfide) groups is 1. The maximum Gasteiger partial charge on any atom is 0.237 e. The van der Waals surface area contributed by atoms with E-state index < -0.39 is 0 Å². The molecule has 0 bridgehead atoms. The van der Waals surface area contributed by atoms with E-state index in [2.05, 4.69) is 31.4 Å². The Kier molecular flexibility index (Phi) is 6.01. The van der Waals surface area contributed by atoms with E-state index in [1.54, 1.807) is 4.68 Å². The monoisotopic (exact) mass is 423 g/mol. The molecule has 0 spiro atoms. The number of nitrogen functional groups attached to an aromatic ring is 1. The van der Waals surface area contributed by atoms with Gasteiger partial charge in [-0.25, -0.2) is 4.68 Å². The molecule has 1 atom stereocenters. The first-order valence-corrected chi connectivity index (χ1v) is 10.2. The minimum absolute atomic E-state index is 0.0884. The molecule has 1 fully saturated rings. The highest BCUT2D eigenvalue weighted by Crippen LogP contribution is 2.32. The van der Waals surface area contributed by atoms with E-state index in [1.165, 1.54) is 31.0 Å². The lowest BCUT2D eigenvalue weighted by atomic mass is 9.89. The van der Waals surface area contributed by atoms with Gasteiger partial charge in [-0.3, -0.25) is 4.79 Å². The Labute approximate surface area is 160 Å². The van der Waals surface area contributed by atoms with Gasteiger partial charge in [0.15, 0.2) is 5.82 Å². The Hall–Kier alpha value is -1.54.